The number of ether oxygens (including phenoxy) is 2. The number of rotatable bonds is 12. The van der Waals surface area contributed by atoms with Gasteiger partial charge in [-0.05, 0) is 151 Å². The molecule has 0 atom stereocenters. The Morgan fingerprint density at radius 1 is 0.586 bits per heavy atom. The quantitative estimate of drug-likeness (QED) is 0.0854. The first-order valence-electron chi connectivity index (χ1n) is 28.4. The summed E-state index contributed by atoms with van der Waals surface area (Å²) < 4.78 is 65.7. The third-order valence-electron chi connectivity index (χ3n) is 14.4. The van der Waals surface area contributed by atoms with E-state index in [-0.39, 0.29) is 17.5 Å². The standard InChI is InChI=1S/C31H39N7O4S.C16H17ClN4O2S.C15H23N3O2/c1-22-7-12-27(35(5)43(6,40)41)24(19-22)21-38-14-13-23-20-32-29(34-28(23)38)33-25-8-10-26(11-9-25)36-15-17-37(18-16-36)30(39)42-31(2,3)4;1-11-4-5-14(20(2)24(3,22)23)13(8-11)10-21-7-6-12-9-18-16(17)19-15(12)21;1-15(2,3)20-14(19)18-10-8-17(9-11-18)13-6-4-12(16)5-7-13/h7-14,19-20H,15-18,21H2,1-6H3,(H,32,33,34);4-9H,10H2,1-3H3;4-7H,8-11,16H2,1-3H3. The fourth-order valence-electron chi connectivity index (χ4n) is 9.77. The fourth-order valence-corrected chi connectivity index (χ4v) is 11.0. The second kappa shape index (κ2) is 26.7. The van der Waals surface area contributed by atoms with Crippen LogP contribution in [-0.2, 0) is 42.6 Å². The molecule has 22 nitrogen and oxygen atoms in total. The Hall–Kier alpha value is -8.35. The molecule has 87 heavy (non-hydrogen) atoms. The van der Waals surface area contributed by atoms with E-state index in [0.29, 0.717) is 62.2 Å². The van der Waals surface area contributed by atoms with Crippen LogP contribution < -0.4 is 29.5 Å². The number of aryl methyl sites for hydroxylation is 2. The van der Waals surface area contributed by atoms with Crippen LogP contribution >= 0.6 is 11.6 Å². The largest absolute Gasteiger partial charge is 0.444 e. The molecule has 25 heteroatoms. The molecule has 2 amide bonds. The van der Waals surface area contributed by atoms with Crippen LogP contribution in [0.3, 0.4) is 0 Å². The van der Waals surface area contributed by atoms with Gasteiger partial charge < -0.3 is 49.3 Å². The maximum atomic E-state index is 12.4. The van der Waals surface area contributed by atoms with E-state index >= 15 is 0 Å². The Morgan fingerprint density at radius 3 is 1.40 bits per heavy atom. The molecule has 0 radical (unpaired) electrons. The minimum Gasteiger partial charge on any atom is -0.444 e. The Bertz CT molecular complexity index is 3950. The minimum atomic E-state index is -3.41. The number of amides is 2. The highest BCUT2D eigenvalue weighted by atomic mass is 35.5. The molecule has 464 valence electrons. The lowest BCUT2D eigenvalue weighted by atomic mass is 10.1. The predicted molar refractivity (Wildman–Crippen MR) is 348 cm³/mol. The lowest BCUT2D eigenvalue weighted by molar-refractivity contribution is 0.0230. The number of carbonyl (C=O) groups is 2. The van der Waals surface area contributed by atoms with Crippen molar-refractivity contribution in [3.8, 4) is 0 Å². The fraction of sp³-hybridized carbons (Fsp3) is 0.387. The zero-order valence-corrected chi connectivity index (χ0v) is 53.9. The first-order chi connectivity index (χ1) is 40.9. The van der Waals surface area contributed by atoms with Crippen molar-refractivity contribution >= 4 is 106 Å². The van der Waals surface area contributed by atoms with E-state index in [1.54, 1.807) is 36.3 Å². The van der Waals surface area contributed by atoms with Crippen LogP contribution in [-0.4, -0.2) is 158 Å². The van der Waals surface area contributed by atoms with Crippen molar-refractivity contribution in [3.63, 3.8) is 0 Å². The van der Waals surface area contributed by atoms with Crippen LogP contribution in [0.4, 0.5) is 49.7 Å². The monoisotopic (exact) mass is 1250 g/mol. The van der Waals surface area contributed by atoms with Crippen molar-refractivity contribution < 1.29 is 35.9 Å². The van der Waals surface area contributed by atoms with Crippen molar-refractivity contribution in [1.82, 2.24) is 38.9 Å². The van der Waals surface area contributed by atoms with Gasteiger partial charge in [-0.2, -0.15) is 9.97 Å². The average Bonchev–Trinajstić information content (AvgIpc) is 2.29. The van der Waals surface area contributed by atoms with Crippen molar-refractivity contribution in [2.45, 2.75) is 79.7 Å². The summed E-state index contributed by atoms with van der Waals surface area (Å²) >= 11 is 5.89. The maximum Gasteiger partial charge on any atom is 0.410 e. The lowest BCUT2D eigenvalue weighted by Gasteiger charge is -2.36. The Labute approximate surface area is 515 Å². The van der Waals surface area contributed by atoms with Gasteiger partial charge in [-0.15, -0.1) is 0 Å². The number of nitrogens with zero attached hydrogens (tertiary/aromatic N) is 12. The third kappa shape index (κ3) is 17.4. The zero-order valence-electron chi connectivity index (χ0n) is 51.5. The van der Waals surface area contributed by atoms with Gasteiger partial charge in [0.25, 0.3) is 0 Å². The van der Waals surface area contributed by atoms with Crippen molar-refractivity contribution in [1.29, 1.82) is 0 Å². The molecule has 2 aliphatic rings. The van der Waals surface area contributed by atoms with Crippen LogP contribution in [0, 0.1) is 13.8 Å². The molecule has 2 saturated heterocycles. The van der Waals surface area contributed by atoms with Crippen molar-refractivity contribution in [2.24, 2.45) is 0 Å². The van der Waals surface area contributed by atoms with Gasteiger partial charge in [0, 0.05) is 125 Å². The van der Waals surface area contributed by atoms with Crippen molar-refractivity contribution in [2.75, 3.05) is 108 Å². The maximum absolute atomic E-state index is 12.4. The number of hydrogen-bond acceptors (Lipinski definition) is 16. The summed E-state index contributed by atoms with van der Waals surface area (Å²) in [7, 11) is -3.64. The van der Waals surface area contributed by atoms with Crippen LogP contribution in [0.15, 0.2) is 122 Å². The molecule has 0 aliphatic carbocycles. The van der Waals surface area contributed by atoms with Gasteiger partial charge in [0.15, 0.2) is 0 Å². The number of nitrogens with two attached hydrogens (primary N) is 1. The number of nitrogen functional groups attached to an aromatic ring is 1. The molecule has 0 unspecified atom stereocenters. The second-order valence-electron chi connectivity index (χ2n) is 23.7. The molecule has 4 aromatic heterocycles. The van der Waals surface area contributed by atoms with Crippen LogP contribution in [0.2, 0.25) is 5.28 Å². The Kier molecular flexibility index (Phi) is 19.9. The van der Waals surface area contributed by atoms with Gasteiger partial charge >= 0.3 is 12.2 Å². The van der Waals surface area contributed by atoms with Gasteiger partial charge in [-0.3, -0.25) is 8.61 Å². The highest BCUT2D eigenvalue weighted by molar-refractivity contribution is 7.92. The van der Waals surface area contributed by atoms with Crippen LogP contribution in [0.5, 0.6) is 0 Å². The highest BCUT2D eigenvalue weighted by Gasteiger charge is 2.28. The number of anilines is 7. The molecule has 6 heterocycles. The van der Waals surface area contributed by atoms with E-state index < -0.39 is 31.2 Å². The van der Waals surface area contributed by atoms with E-state index in [2.05, 4.69) is 30.1 Å². The lowest BCUT2D eigenvalue weighted by Crippen LogP contribution is -2.50. The van der Waals surface area contributed by atoms with Gasteiger partial charge in [0.1, 0.15) is 22.5 Å². The predicted octanol–water partition coefficient (Wildman–Crippen LogP) is 10.1. The first-order valence-corrected chi connectivity index (χ1v) is 32.5. The van der Waals surface area contributed by atoms with E-state index in [0.717, 1.165) is 87.6 Å². The molecule has 3 N–H and O–H groups in total. The summed E-state index contributed by atoms with van der Waals surface area (Å²) in [5.41, 5.74) is 15.2. The van der Waals surface area contributed by atoms with E-state index in [1.807, 2.05) is 174 Å². The Balaban J connectivity index is 0.000000187. The van der Waals surface area contributed by atoms with Gasteiger partial charge in [-0.25, -0.2) is 36.4 Å². The number of nitrogens with one attached hydrogen (secondary N) is 1. The zero-order chi connectivity index (χ0) is 63.2. The number of carbonyl (C=O) groups excluding carboxylic acids is 2. The normalized spacial score (nSPS) is 14.0. The third-order valence-corrected chi connectivity index (χ3v) is 17.0. The number of fused-ring (bicyclic) bond motifs is 2. The SMILES string of the molecule is CC(C)(C)OC(=O)N1CCN(c2ccc(N)cc2)CC1.Cc1ccc(N(C)S(C)(=O)=O)c(Cn2ccc3cnc(Cl)nc32)c1.Cc1ccc(N(C)S(C)(=O)=O)c(Cn2ccc3cnc(Nc4ccc(N5CCN(C(=O)OC(C)(C)C)CC5)cc4)nc32)c1. The number of aromatic nitrogens is 6. The summed E-state index contributed by atoms with van der Waals surface area (Å²) in [6, 6.07) is 31.2. The molecule has 0 bridgehead atoms. The number of hydrogen-bond donors (Lipinski definition) is 2. The average molecular weight is 1250 g/mol. The summed E-state index contributed by atoms with van der Waals surface area (Å²) in [5, 5.41) is 5.24. The van der Waals surface area contributed by atoms with E-state index in [1.165, 1.54) is 21.1 Å². The molecule has 10 rings (SSSR count). The van der Waals surface area contributed by atoms with E-state index in [9.17, 15) is 26.4 Å². The molecular weight excluding hydrogens is 1170 g/mol. The summed E-state index contributed by atoms with van der Waals surface area (Å²) in [6.07, 6.45) is 9.17. The minimum absolute atomic E-state index is 0.181. The second-order valence-corrected chi connectivity index (χ2v) is 28.0. The molecule has 2 aliphatic heterocycles. The van der Waals surface area contributed by atoms with Gasteiger partial charge in [0.05, 0.1) is 37.0 Å². The molecule has 0 saturated carbocycles. The van der Waals surface area contributed by atoms with Crippen molar-refractivity contribution in [3.05, 3.63) is 149 Å². The molecule has 8 aromatic rings. The molecule has 4 aromatic carbocycles. The summed E-state index contributed by atoms with van der Waals surface area (Å²) in [5.74, 6) is 0.462. The topological polar surface area (TPSA) is 240 Å². The summed E-state index contributed by atoms with van der Waals surface area (Å²) in [6.45, 7) is 21.8. The van der Waals surface area contributed by atoms with Gasteiger partial charge in [-0.1, -0.05) is 35.4 Å². The summed E-state index contributed by atoms with van der Waals surface area (Å²) in [4.78, 5) is 49.9. The van der Waals surface area contributed by atoms with Gasteiger partial charge in [0.2, 0.25) is 31.3 Å². The number of benzene rings is 4. The smallest absolute Gasteiger partial charge is 0.410 e. The number of sulfonamides is 2. The van der Waals surface area contributed by atoms with Crippen LogP contribution in [0.25, 0.3) is 22.1 Å². The molecule has 0 spiro atoms. The number of halogens is 1. The Morgan fingerprint density at radius 2 is 0.989 bits per heavy atom. The first kappa shape index (κ1) is 64.6. The van der Waals surface area contributed by atoms with E-state index in [4.69, 9.17) is 31.8 Å². The molecular formula is C62H79ClN14O8S2. The van der Waals surface area contributed by atoms with Crippen LogP contribution in [0.1, 0.15) is 63.8 Å². The molecule has 2 fully saturated rings. The number of piperazine rings is 2. The highest BCUT2D eigenvalue weighted by Crippen LogP contribution is 2.29.